The lowest BCUT2D eigenvalue weighted by molar-refractivity contribution is 0.0697. The molecular formula is C14H10ClNO4. The van der Waals surface area contributed by atoms with Gasteiger partial charge in [0.05, 0.1) is 16.3 Å². The van der Waals surface area contributed by atoms with E-state index in [0.29, 0.717) is 5.75 Å². The van der Waals surface area contributed by atoms with Crippen molar-refractivity contribution in [1.29, 1.82) is 0 Å². The van der Waals surface area contributed by atoms with Crippen molar-refractivity contribution in [1.82, 2.24) is 0 Å². The number of carbonyl (C=O) groups excluding carboxylic acids is 1. The Balaban J connectivity index is 2.06. The number of carboxylic acid groups (broad SMARTS) is 1. The number of aromatic carboxylic acids is 1. The maximum Gasteiger partial charge on any atom is 0.417 e. The van der Waals surface area contributed by atoms with Gasteiger partial charge in [0.2, 0.25) is 0 Å². The molecule has 6 heteroatoms. The van der Waals surface area contributed by atoms with Crippen molar-refractivity contribution in [3.63, 3.8) is 0 Å². The fourth-order valence-corrected chi connectivity index (χ4v) is 1.71. The highest BCUT2D eigenvalue weighted by atomic mass is 35.5. The first kappa shape index (κ1) is 13.9. The van der Waals surface area contributed by atoms with Crippen LogP contribution < -0.4 is 10.1 Å². The molecule has 2 aromatic rings. The van der Waals surface area contributed by atoms with Gasteiger partial charge in [0.15, 0.2) is 0 Å². The van der Waals surface area contributed by atoms with E-state index in [1.807, 2.05) is 0 Å². The second-order valence-electron chi connectivity index (χ2n) is 3.83. The Hall–Kier alpha value is -2.53. The molecule has 0 saturated heterocycles. The molecule has 2 aromatic carbocycles. The third-order valence-electron chi connectivity index (χ3n) is 2.41. The summed E-state index contributed by atoms with van der Waals surface area (Å²) in [5, 5.41) is 11.4. The van der Waals surface area contributed by atoms with Gasteiger partial charge >= 0.3 is 12.1 Å². The van der Waals surface area contributed by atoms with Crippen molar-refractivity contribution in [2.24, 2.45) is 0 Å². The molecule has 1 amide bonds. The number of amides is 1. The number of carbonyl (C=O) groups is 2. The zero-order valence-corrected chi connectivity index (χ0v) is 10.9. The molecule has 0 aromatic heterocycles. The molecule has 0 aliphatic heterocycles. The molecule has 2 rings (SSSR count). The van der Waals surface area contributed by atoms with Crippen LogP contribution in [0.25, 0.3) is 0 Å². The van der Waals surface area contributed by atoms with E-state index in [4.69, 9.17) is 21.4 Å². The summed E-state index contributed by atoms with van der Waals surface area (Å²) >= 11 is 5.89. The van der Waals surface area contributed by atoms with Gasteiger partial charge in [0.1, 0.15) is 5.75 Å². The Morgan fingerprint density at radius 1 is 1.10 bits per heavy atom. The molecule has 0 fully saturated rings. The molecule has 0 unspecified atom stereocenters. The van der Waals surface area contributed by atoms with Crippen LogP contribution in [0.3, 0.4) is 0 Å². The first-order chi connectivity index (χ1) is 9.56. The third kappa shape index (κ3) is 3.49. The highest BCUT2D eigenvalue weighted by Crippen LogP contribution is 2.23. The summed E-state index contributed by atoms with van der Waals surface area (Å²) in [5.74, 6) is -0.700. The lowest BCUT2D eigenvalue weighted by Gasteiger charge is -2.08. The minimum Gasteiger partial charge on any atom is -0.478 e. The van der Waals surface area contributed by atoms with Gasteiger partial charge in [0, 0.05) is 0 Å². The zero-order chi connectivity index (χ0) is 14.5. The van der Waals surface area contributed by atoms with Crippen LogP contribution in [0.2, 0.25) is 5.02 Å². The van der Waals surface area contributed by atoms with Crippen molar-refractivity contribution in [3.05, 3.63) is 59.1 Å². The summed E-state index contributed by atoms with van der Waals surface area (Å²) < 4.78 is 5.03. The Labute approximate surface area is 119 Å². The maximum atomic E-state index is 11.6. The molecule has 102 valence electrons. The summed E-state index contributed by atoms with van der Waals surface area (Å²) in [6, 6.07) is 12.5. The van der Waals surface area contributed by atoms with Crippen LogP contribution in [0, 0.1) is 0 Å². The molecule has 0 heterocycles. The summed E-state index contributed by atoms with van der Waals surface area (Å²) in [6.07, 6.45) is -0.707. The summed E-state index contributed by atoms with van der Waals surface area (Å²) in [4.78, 5) is 22.4. The fraction of sp³-hybridized carbons (Fsp3) is 0. The minimum absolute atomic E-state index is 0.0389. The van der Waals surface area contributed by atoms with Gasteiger partial charge in [-0.1, -0.05) is 29.8 Å². The van der Waals surface area contributed by atoms with Crippen LogP contribution in [-0.2, 0) is 0 Å². The SMILES string of the molecule is O=C(Nc1ccc(C(=O)O)cc1Cl)Oc1ccccc1. The molecule has 0 aliphatic carbocycles. The van der Waals surface area contributed by atoms with Gasteiger partial charge < -0.3 is 9.84 Å². The molecule has 5 nitrogen and oxygen atoms in total. The van der Waals surface area contributed by atoms with Crippen molar-refractivity contribution in [2.45, 2.75) is 0 Å². The van der Waals surface area contributed by atoms with Crippen molar-refractivity contribution in [3.8, 4) is 5.75 Å². The molecule has 0 aliphatic rings. The molecular weight excluding hydrogens is 282 g/mol. The Morgan fingerprint density at radius 3 is 2.40 bits per heavy atom. The number of benzene rings is 2. The average Bonchev–Trinajstić information content (AvgIpc) is 2.42. The second kappa shape index (κ2) is 6.08. The second-order valence-corrected chi connectivity index (χ2v) is 4.23. The van der Waals surface area contributed by atoms with Crippen LogP contribution in [0.5, 0.6) is 5.75 Å². The molecule has 20 heavy (non-hydrogen) atoms. The van der Waals surface area contributed by atoms with Gasteiger partial charge in [-0.05, 0) is 30.3 Å². The first-order valence-corrected chi connectivity index (χ1v) is 6.01. The first-order valence-electron chi connectivity index (χ1n) is 5.63. The number of rotatable bonds is 3. The average molecular weight is 292 g/mol. The van der Waals surface area contributed by atoms with Gasteiger partial charge in [-0.15, -0.1) is 0 Å². The highest BCUT2D eigenvalue weighted by Gasteiger charge is 2.10. The van der Waals surface area contributed by atoms with E-state index in [-0.39, 0.29) is 16.3 Å². The van der Waals surface area contributed by atoms with Crippen LogP contribution >= 0.6 is 11.6 Å². The quantitative estimate of drug-likeness (QED) is 0.905. The Kier molecular flexibility index (Phi) is 4.22. The van der Waals surface area contributed by atoms with Crippen molar-refractivity contribution >= 4 is 29.4 Å². The molecule has 0 radical (unpaired) electrons. The van der Waals surface area contributed by atoms with E-state index < -0.39 is 12.1 Å². The normalized spacial score (nSPS) is 9.85. The number of hydrogen-bond donors (Lipinski definition) is 2. The molecule has 2 N–H and O–H groups in total. The number of para-hydroxylation sites is 1. The van der Waals surface area contributed by atoms with E-state index in [1.165, 1.54) is 18.2 Å². The standard InChI is InChI=1S/C14H10ClNO4/c15-11-8-9(13(17)18)6-7-12(11)16-14(19)20-10-4-2-1-3-5-10/h1-8H,(H,16,19)(H,17,18). The van der Waals surface area contributed by atoms with Gasteiger partial charge in [-0.2, -0.15) is 0 Å². The number of anilines is 1. The largest absolute Gasteiger partial charge is 0.478 e. The predicted molar refractivity (Wildman–Crippen MR) is 74.5 cm³/mol. The topological polar surface area (TPSA) is 75.6 Å². The maximum absolute atomic E-state index is 11.6. The molecule has 0 saturated carbocycles. The smallest absolute Gasteiger partial charge is 0.417 e. The minimum atomic E-state index is -1.09. The number of ether oxygens (including phenoxy) is 1. The highest BCUT2D eigenvalue weighted by molar-refractivity contribution is 6.34. The van der Waals surface area contributed by atoms with E-state index in [9.17, 15) is 9.59 Å². The third-order valence-corrected chi connectivity index (χ3v) is 2.72. The lowest BCUT2D eigenvalue weighted by Crippen LogP contribution is -2.17. The Morgan fingerprint density at radius 2 is 1.80 bits per heavy atom. The number of halogens is 1. The number of carboxylic acids is 1. The van der Waals surface area contributed by atoms with Gasteiger partial charge in [-0.25, -0.2) is 9.59 Å². The number of hydrogen-bond acceptors (Lipinski definition) is 3. The van der Waals surface area contributed by atoms with Crippen molar-refractivity contribution < 1.29 is 19.4 Å². The summed E-state index contributed by atoms with van der Waals surface area (Å²) in [7, 11) is 0. The number of nitrogens with one attached hydrogen (secondary N) is 1. The molecule has 0 atom stereocenters. The van der Waals surface area contributed by atoms with E-state index >= 15 is 0 Å². The van der Waals surface area contributed by atoms with Crippen LogP contribution in [0.1, 0.15) is 10.4 Å². The van der Waals surface area contributed by atoms with E-state index in [2.05, 4.69) is 5.32 Å². The molecule has 0 bridgehead atoms. The monoisotopic (exact) mass is 291 g/mol. The Bertz CT molecular complexity index is 643. The fourth-order valence-electron chi connectivity index (χ4n) is 1.48. The lowest BCUT2D eigenvalue weighted by atomic mass is 10.2. The van der Waals surface area contributed by atoms with Crippen LogP contribution in [0.4, 0.5) is 10.5 Å². The van der Waals surface area contributed by atoms with Crippen molar-refractivity contribution in [2.75, 3.05) is 5.32 Å². The van der Waals surface area contributed by atoms with Crippen LogP contribution in [0.15, 0.2) is 48.5 Å². The van der Waals surface area contributed by atoms with Gasteiger partial charge in [-0.3, -0.25) is 5.32 Å². The van der Waals surface area contributed by atoms with E-state index in [1.54, 1.807) is 30.3 Å². The predicted octanol–water partition coefficient (Wildman–Crippen LogP) is 3.65. The summed E-state index contributed by atoms with van der Waals surface area (Å²) in [5.41, 5.74) is 0.314. The van der Waals surface area contributed by atoms with Gasteiger partial charge in [0.25, 0.3) is 0 Å². The zero-order valence-electron chi connectivity index (χ0n) is 10.2. The van der Waals surface area contributed by atoms with E-state index in [0.717, 1.165) is 0 Å². The van der Waals surface area contributed by atoms with Crippen LogP contribution in [-0.4, -0.2) is 17.2 Å². The summed E-state index contributed by atoms with van der Waals surface area (Å²) in [6.45, 7) is 0. The molecule has 0 spiro atoms.